The van der Waals surface area contributed by atoms with Gasteiger partial charge in [0.25, 0.3) is 0 Å². The van der Waals surface area contributed by atoms with Crippen molar-refractivity contribution in [2.75, 3.05) is 21.2 Å². The van der Waals surface area contributed by atoms with Gasteiger partial charge in [-0.15, -0.1) is 0 Å². The Kier molecular flexibility index (Phi) is 12.6. The summed E-state index contributed by atoms with van der Waals surface area (Å²) in [6.45, 7) is 15.8. The molecule has 0 bridgehead atoms. The third kappa shape index (κ3) is 9.59. The number of carboxylic acid groups (broad SMARTS) is 1. The number of carboxylic acids is 1. The maximum Gasteiger partial charge on any atom is 0.410 e. The zero-order valence-electron chi connectivity index (χ0n) is 26.6. The minimum absolute atomic E-state index is 0.104. The van der Waals surface area contributed by atoms with E-state index in [4.69, 9.17) is 9.47 Å². The molecule has 0 unspecified atom stereocenters. The molecule has 3 amide bonds. The number of carbonyl (C=O) groups excluding carboxylic acids is 3. The third-order valence-electron chi connectivity index (χ3n) is 7.16. The van der Waals surface area contributed by atoms with Gasteiger partial charge in [0, 0.05) is 32.2 Å². The minimum atomic E-state index is -1.13. The summed E-state index contributed by atoms with van der Waals surface area (Å²) in [5.74, 6) is -2.23. The summed E-state index contributed by atoms with van der Waals surface area (Å²) < 4.78 is 11.1. The average Bonchev–Trinajstić information content (AvgIpc) is 2.88. The van der Waals surface area contributed by atoms with E-state index < -0.39 is 59.1 Å². The van der Waals surface area contributed by atoms with Crippen LogP contribution >= 0.6 is 0 Å². The van der Waals surface area contributed by atoms with Crippen LogP contribution in [0.1, 0.15) is 67.9 Å². The Bertz CT molecular complexity index is 1090. The lowest BCUT2D eigenvalue weighted by molar-refractivity contribution is -0.142. The van der Waals surface area contributed by atoms with Gasteiger partial charge in [0.2, 0.25) is 11.8 Å². The first-order valence-corrected chi connectivity index (χ1v) is 13.8. The van der Waals surface area contributed by atoms with Crippen molar-refractivity contribution in [1.29, 1.82) is 0 Å². The third-order valence-corrected chi connectivity index (χ3v) is 7.16. The van der Waals surface area contributed by atoms with E-state index in [1.165, 1.54) is 37.0 Å². The highest BCUT2D eigenvalue weighted by Crippen LogP contribution is 2.31. The summed E-state index contributed by atoms with van der Waals surface area (Å²) >= 11 is 0. The van der Waals surface area contributed by atoms with Crippen molar-refractivity contribution in [1.82, 2.24) is 15.1 Å². The smallest absolute Gasteiger partial charge is 0.410 e. The van der Waals surface area contributed by atoms with Crippen LogP contribution in [0.25, 0.3) is 0 Å². The van der Waals surface area contributed by atoms with Crippen LogP contribution < -0.4 is 5.32 Å². The molecule has 10 nitrogen and oxygen atoms in total. The second-order valence-electron chi connectivity index (χ2n) is 12.3. The molecule has 0 fully saturated rings. The predicted octanol–water partition coefficient (Wildman–Crippen LogP) is 4.23. The Morgan fingerprint density at radius 3 is 1.93 bits per heavy atom. The number of amides is 3. The molecule has 4 atom stereocenters. The lowest BCUT2D eigenvalue weighted by Crippen LogP contribution is -2.63. The Balaban J connectivity index is 3.56. The highest BCUT2D eigenvalue weighted by atomic mass is 16.6. The molecule has 1 rings (SSSR count). The van der Waals surface area contributed by atoms with Crippen LogP contribution in [0.3, 0.4) is 0 Å². The number of hydrogen-bond donors (Lipinski definition) is 2. The fourth-order valence-electron chi connectivity index (χ4n) is 4.65. The minimum Gasteiger partial charge on any atom is -0.478 e. The number of nitrogens with one attached hydrogen (secondary N) is 1. The van der Waals surface area contributed by atoms with Crippen molar-refractivity contribution in [2.45, 2.75) is 97.6 Å². The van der Waals surface area contributed by atoms with Crippen LogP contribution in [0.15, 0.2) is 42.0 Å². The van der Waals surface area contributed by atoms with E-state index in [0.717, 1.165) is 5.56 Å². The van der Waals surface area contributed by atoms with Gasteiger partial charge in [-0.3, -0.25) is 14.5 Å². The SMILES string of the molecule is CO[C@@H](C)[C@H](NC(=O)[C@@H](N(C)C(=O)OC(C)(C)C)C(C)(C)c1ccccc1)C(=O)N(C)[C@H](/C=C(\C)C(=O)O)C(C)C. The van der Waals surface area contributed by atoms with Crippen LogP contribution in [0, 0.1) is 5.92 Å². The zero-order chi connectivity index (χ0) is 31.9. The van der Waals surface area contributed by atoms with Crippen LogP contribution in [0.2, 0.25) is 0 Å². The number of hydrogen-bond acceptors (Lipinski definition) is 6. The van der Waals surface area contributed by atoms with Gasteiger partial charge in [-0.2, -0.15) is 0 Å². The number of ether oxygens (including phenoxy) is 2. The molecule has 2 N–H and O–H groups in total. The largest absolute Gasteiger partial charge is 0.478 e. The Labute approximate surface area is 245 Å². The number of aliphatic carboxylic acids is 1. The first kappa shape index (κ1) is 35.6. The van der Waals surface area contributed by atoms with Crippen LogP contribution in [0.5, 0.6) is 0 Å². The molecule has 41 heavy (non-hydrogen) atoms. The molecule has 230 valence electrons. The number of rotatable bonds is 12. The monoisotopic (exact) mass is 575 g/mol. The summed E-state index contributed by atoms with van der Waals surface area (Å²) in [6.07, 6.45) is 0.105. The van der Waals surface area contributed by atoms with Gasteiger partial charge in [0.1, 0.15) is 17.7 Å². The molecule has 1 aromatic rings. The summed E-state index contributed by atoms with van der Waals surface area (Å²) in [5.41, 5.74) is -0.770. The van der Waals surface area contributed by atoms with Crippen molar-refractivity contribution in [3.63, 3.8) is 0 Å². The van der Waals surface area contributed by atoms with Gasteiger partial charge in [0.05, 0.1) is 12.1 Å². The zero-order valence-corrected chi connectivity index (χ0v) is 26.6. The molecular formula is C31H49N3O7. The second-order valence-corrected chi connectivity index (χ2v) is 12.3. The number of benzene rings is 1. The molecule has 0 aliphatic rings. The molecule has 0 aromatic heterocycles. The molecule has 0 aliphatic heterocycles. The molecule has 10 heteroatoms. The molecule has 0 spiro atoms. The molecule has 0 heterocycles. The quantitative estimate of drug-likeness (QED) is 0.357. The Hall–Kier alpha value is -3.40. The topological polar surface area (TPSA) is 125 Å². The molecule has 0 radical (unpaired) electrons. The van der Waals surface area contributed by atoms with Gasteiger partial charge in [-0.25, -0.2) is 9.59 Å². The van der Waals surface area contributed by atoms with E-state index in [2.05, 4.69) is 5.32 Å². The summed E-state index contributed by atoms with van der Waals surface area (Å²) in [7, 11) is 4.50. The summed E-state index contributed by atoms with van der Waals surface area (Å²) in [4.78, 5) is 55.3. The molecule has 0 saturated heterocycles. The van der Waals surface area contributed by atoms with Gasteiger partial charge < -0.3 is 24.8 Å². The van der Waals surface area contributed by atoms with Crippen molar-refractivity contribution < 1.29 is 33.8 Å². The van der Waals surface area contributed by atoms with E-state index in [9.17, 15) is 24.3 Å². The number of likely N-dealkylation sites (N-methyl/N-ethyl adjacent to an activating group) is 2. The van der Waals surface area contributed by atoms with E-state index in [-0.39, 0.29) is 11.5 Å². The van der Waals surface area contributed by atoms with E-state index in [1.54, 1.807) is 34.7 Å². The van der Waals surface area contributed by atoms with Crippen LogP contribution in [0.4, 0.5) is 4.79 Å². The van der Waals surface area contributed by atoms with E-state index >= 15 is 0 Å². The lowest BCUT2D eigenvalue weighted by atomic mass is 9.76. The standard InChI is InChI=1S/C31H49N3O7/c1-19(2)23(18-20(3)28(37)38)33(10)27(36)24(21(4)40-12)32-26(35)25(34(11)29(39)41-30(5,6)7)31(8,9)22-16-14-13-15-17-22/h13-19,21,23-25H,1-12H3,(H,32,35)(H,37,38)/b20-18+/t21-,23+,24-,25+/m0/s1. The highest BCUT2D eigenvalue weighted by molar-refractivity contribution is 5.93. The van der Waals surface area contributed by atoms with Crippen molar-refractivity contribution in [2.24, 2.45) is 5.92 Å². The number of carbonyl (C=O) groups is 4. The maximum atomic E-state index is 14.1. The van der Waals surface area contributed by atoms with E-state index in [1.807, 2.05) is 58.0 Å². The molecule has 1 aromatic carbocycles. The van der Waals surface area contributed by atoms with Gasteiger partial charge in [-0.1, -0.05) is 64.1 Å². The molecule has 0 aliphatic carbocycles. The van der Waals surface area contributed by atoms with Crippen LogP contribution in [-0.2, 0) is 29.3 Å². The average molecular weight is 576 g/mol. The summed E-state index contributed by atoms with van der Waals surface area (Å²) in [5, 5.41) is 12.2. The molecular weight excluding hydrogens is 526 g/mol. The van der Waals surface area contributed by atoms with Gasteiger partial charge in [-0.05, 0) is 46.1 Å². The summed E-state index contributed by atoms with van der Waals surface area (Å²) in [6, 6.07) is 6.58. The highest BCUT2D eigenvalue weighted by Gasteiger charge is 2.45. The molecule has 0 saturated carbocycles. The maximum absolute atomic E-state index is 14.1. The first-order chi connectivity index (χ1) is 18.8. The second kappa shape index (κ2) is 14.5. The Morgan fingerprint density at radius 2 is 1.49 bits per heavy atom. The fourth-order valence-corrected chi connectivity index (χ4v) is 4.65. The van der Waals surface area contributed by atoms with Crippen molar-refractivity contribution in [3.8, 4) is 0 Å². The van der Waals surface area contributed by atoms with Gasteiger partial charge >= 0.3 is 12.1 Å². The predicted molar refractivity (Wildman–Crippen MR) is 158 cm³/mol. The fraction of sp³-hybridized carbons (Fsp3) is 0.613. The number of nitrogens with zero attached hydrogens (tertiary/aromatic N) is 2. The Morgan fingerprint density at radius 1 is 0.951 bits per heavy atom. The number of methoxy groups -OCH3 is 1. The van der Waals surface area contributed by atoms with Crippen LogP contribution in [-0.4, -0.2) is 89.8 Å². The van der Waals surface area contributed by atoms with Crippen molar-refractivity contribution in [3.05, 3.63) is 47.5 Å². The van der Waals surface area contributed by atoms with Gasteiger partial charge in [0.15, 0.2) is 0 Å². The lowest BCUT2D eigenvalue weighted by Gasteiger charge is -2.41. The van der Waals surface area contributed by atoms with E-state index in [0.29, 0.717) is 0 Å². The normalized spacial score (nSPS) is 15.4. The van der Waals surface area contributed by atoms with Crippen molar-refractivity contribution >= 4 is 23.9 Å². The first-order valence-electron chi connectivity index (χ1n) is 13.8.